The first-order valence-electron chi connectivity index (χ1n) is 12.3. The fourth-order valence-electron chi connectivity index (χ4n) is 5.29. The number of nitrogens with one attached hydrogen (secondary N) is 2. The summed E-state index contributed by atoms with van der Waals surface area (Å²) < 4.78 is 0. The van der Waals surface area contributed by atoms with Crippen molar-refractivity contribution in [3.8, 4) is 0 Å². The fraction of sp³-hybridized carbons (Fsp3) is 0.640. The summed E-state index contributed by atoms with van der Waals surface area (Å²) in [5.41, 5.74) is 1.05. The molecule has 182 valence electrons. The van der Waals surface area contributed by atoms with Crippen LogP contribution in [0.1, 0.15) is 78.5 Å². The minimum Gasteiger partial charge on any atom is -0.356 e. The van der Waals surface area contributed by atoms with Crippen LogP contribution >= 0.6 is 24.0 Å². The van der Waals surface area contributed by atoms with E-state index < -0.39 is 0 Å². The molecule has 1 saturated heterocycles. The molecule has 0 spiro atoms. The number of hydrogen-bond donors (Lipinski definition) is 2. The number of likely N-dealkylation sites (tertiary alicyclic amines) is 1. The maximum atomic E-state index is 12.4. The number of carbonyl (C=O) groups is 2. The van der Waals surface area contributed by atoms with Gasteiger partial charge < -0.3 is 15.5 Å². The second kappa shape index (κ2) is 12.7. The number of amides is 2. The smallest absolute Gasteiger partial charge is 0.261 e. The van der Waals surface area contributed by atoms with Crippen molar-refractivity contribution in [1.82, 2.24) is 20.4 Å². The van der Waals surface area contributed by atoms with Crippen LogP contribution in [0, 0.1) is 0 Å². The number of hydrogen-bond acceptors (Lipinski definition) is 4. The lowest BCUT2D eigenvalue weighted by Crippen LogP contribution is -2.51. The molecule has 2 heterocycles. The van der Waals surface area contributed by atoms with Gasteiger partial charge in [-0.2, -0.15) is 0 Å². The van der Waals surface area contributed by atoms with Gasteiger partial charge in [-0.05, 0) is 50.7 Å². The van der Waals surface area contributed by atoms with Crippen LogP contribution in [0.5, 0.6) is 0 Å². The van der Waals surface area contributed by atoms with Gasteiger partial charge in [-0.3, -0.25) is 19.5 Å². The summed E-state index contributed by atoms with van der Waals surface area (Å²) in [6.45, 7) is 3.59. The second-order valence-electron chi connectivity index (χ2n) is 9.26. The molecule has 3 aliphatic rings. The Labute approximate surface area is 214 Å². The Morgan fingerprint density at radius 1 is 0.970 bits per heavy atom. The Kier molecular flexibility index (Phi) is 9.97. The van der Waals surface area contributed by atoms with E-state index in [0.29, 0.717) is 23.7 Å². The standard InChI is InChI=1S/C25H37N5O2.HI/c1-26-25(28-19-13-17-29(18-14-19)20-9-3-2-4-10-20)27-15-7-8-16-30-23(31)21-11-5-6-12-22(21)24(30)32;/h5-6,11-12,19-20H,2-4,7-10,13-18H2,1H3,(H2,26,27,28);1H. The van der Waals surface area contributed by atoms with Crippen molar-refractivity contribution < 1.29 is 9.59 Å². The molecule has 2 amide bonds. The highest BCUT2D eigenvalue weighted by atomic mass is 127. The molecule has 0 atom stereocenters. The molecule has 33 heavy (non-hydrogen) atoms. The highest BCUT2D eigenvalue weighted by molar-refractivity contribution is 14.0. The van der Waals surface area contributed by atoms with Crippen molar-refractivity contribution in [1.29, 1.82) is 0 Å². The average Bonchev–Trinajstić information content (AvgIpc) is 3.09. The lowest BCUT2D eigenvalue weighted by atomic mass is 9.92. The summed E-state index contributed by atoms with van der Waals surface area (Å²) >= 11 is 0. The summed E-state index contributed by atoms with van der Waals surface area (Å²) in [6, 6.07) is 8.34. The van der Waals surface area contributed by atoms with Gasteiger partial charge in [0.25, 0.3) is 11.8 Å². The Morgan fingerprint density at radius 3 is 2.21 bits per heavy atom. The van der Waals surface area contributed by atoms with Gasteiger partial charge in [0.15, 0.2) is 5.96 Å². The third kappa shape index (κ3) is 6.47. The van der Waals surface area contributed by atoms with Crippen LogP contribution in [0.4, 0.5) is 0 Å². The minimum atomic E-state index is -0.171. The number of carbonyl (C=O) groups excluding carboxylic acids is 2. The Hall–Kier alpha value is -1.68. The van der Waals surface area contributed by atoms with E-state index in [1.807, 2.05) is 7.05 Å². The SMILES string of the molecule is CN=C(NCCCCN1C(=O)c2ccccc2C1=O)NC1CCN(C2CCCCC2)CC1.I. The van der Waals surface area contributed by atoms with Crippen molar-refractivity contribution in [2.24, 2.45) is 4.99 Å². The molecule has 1 aliphatic carbocycles. The first-order valence-corrected chi connectivity index (χ1v) is 12.3. The van der Waals surface area contributed by atoms with Crippen LogP contribution in [-0.2, 0) is 0 Å². The van der Waals surface area contributed by atoms with Crippen LogP contribution < -0.4 is 10.6 Å². The molecule has 2 N–H and O–H groups in total. The van der Waals surface area contributed by atoms with E-state index in [4.69, 9.17) is 0 Å². The number of halogens is 1. The Morgan fingerprint density at radius 2 is 1.61 bits per heavy atom. The Bertz CT molecular complexity index is 797. The van der Waals surface area contributed by atoms with Crippen LogP contribution in [0.3, 0.4) is 0 Å². The van der Waals surface area contributed by atoms with E-state index in [1.54, 1.807) is 24.3 Å². The molecule has 1 aromatic rings. The van der Waals surface area contributed by atoms with Gasteiger partial charge in [-0.15, -0.1) is 24.0 Å². The lowest BCUT2D eigenvalue weighted by Gasteiger charge is -2.39. The summed E-state index contributed by atoms with van der Waals surface area (Å²) in [4.78, 5) is 33.3. The monoisotopic (exact) mass is 567 g/mol. The number of unbranched alkanes of at least 4 members (excludes halogenated alkanes) is 1. The van der Waals surface area contributed by atoms with Gasteiger partial charge in [0.2, 0.25) is 0 Å². The van der Waals surface area contributed by atoms with Gasteiger partial charge >= 0.3 is 0 Å². The van der Waals surface area contributed by atoms with E-state index in [2.05, 4.69) is 20.5 Å². The number of benzene rings is 1. The Balaban J connectivity index is 0.00000306. The van der Waals surface area contributed by atoms with E-state index in [9.17, 15) is 9.59 Å². The van der Waals surface area contributed by atoms with Crippen molar-refractivity contribution in [2.45, 2.75) is 69.9 Å². The van der Waals surface area contributed by atoms with Gasteiger partial charge in [0, 0.05) is 45.3 Å². The first-order chi connectivity index (χ1) is 15.7. The zero-order chi connectivity index (χ0) is 22.3. The molecule has 2 aliphatic heterocycles. The predicted octanol–water partition coefficient (Wildman–Crippen LogP) is 3.64. The van der Waals surface area contributed by atoms with E-state index in [-0.39, 0.29) is 35.8 Å². The van der Waals surface area contributed by atoms with Crippen LogP contribution in [0.2, 0.25) is 0 Å². The van der Waals surface area contributed by atoms with Gasteiger partial charge in [-0.1, -0.05) is 31.4 Å². The average molecular weight is 568 g/mol. The van der Waals surface area contributed by atoms with Crippen molar-refractivity contribution >= 4 is 41.8 Å². The summed E-state index contributed by atoms with van der Waals surface area (Å²) in [5.74, 6) is 0.507. The minimum absolute atomic E-state index is 0. The molecular formula is C25H38IN5O2. The molecular weight excluding hydrogens is 529 g/mol. The van der Waals surface area contributed by atoms with E-state index in [1.165, 1.54) is 50.1 Å². The molecule has 8 heteroatoms. The third-order valence-electron chi connectivity index (χ3n) is 7.16. The molecule has 0 aromatic heterocycles. The molecule has 0 unspecified atom stereocenters. The zero-order valence-electron chi connectivity index (χ0n) is 19.7. The number of nitrogens with zero attached hydrogens (tertiary/aromatic N) is 3. The topological polar surface area (TPSA) is 77.0 Å². The maximum absolute atomic E-state index is 12.4. The maximum Gasteiger partial charge on any atom is 0.261 e. The largest absolute Gasteiger partial charge is 0.356 e. The molecule has 0 radical (unpaired) electrons. The first kappa shape index (κ1) is 25.9. The summed E-state index contributed by atoms with van der Waals surface area (Å²) in [5, 5.41) is 6.97. The number of guanidine groups is 1. The number of rotatable bonds is 7. The fourth-order valence-corrected chi connectivity index (χ4v) is 5.29. The van der Waals surface area contributed by atoms with E-state index in [0.717, 1.165) is 44.2 Å². The van der Waals surface area contributed by atoms with Gasteiger partial charge in [0.05, 0.1) is 11.1 Å². The quantitative estimate of drug-likeness (QED) is 0.173. The van der Waals surface area contributed by atoms with Crippen LogP contribution in [0.15, 0.2) is 29.3 Å². The number of fused-ring (bicyclic) bond motifs is 1. The highest BCUT2D eigenvalue weighted by Gasteiger charge is 2.34. The lowest BCUT2D eigenvalue weighted by molar-refractivity contribution is 0.0652. The molecule has 0 bridgehead atoms. The normalized spacial score (nSPS) is 20.5. The van der Waals surface area contributed by atoms with Crippen molar-refractivity contribution in [3.05, 3.63) is 35.4 Å². The molecule has 1 aromatic carbocycles. The van der Waals surface area contributed by atoms with Crippen molar-refractivity contribution in [3.63, 3.8) is 0 Å². The molecule has 2 fully saturated rings. The van der Waals surface area contributed by atoms with E-state index >= 15 is 0 Å². The van der Waals surface area contributed by atoms with Crippen molar-refractivity contribution in [2.75, 3.05) is 33.2 Å². The number of aliphatic imine (C=N–C) groups is 1. The number of imide groups is 1. The molecule has 7 nitrogen and oxygen atoms in total. The highest BCUT2D eigenvalue weighted by Crippen LogP contribution is 2.25. The van der Waals surface area contributed by atoms with Gasteiger partial charge in [0.1, 0.15) is 0 Å². The second-order valence-corrected chi connectivity index (χ2v) is 9.26. The zero-order valence-corrected chi connectivity index (χ0v) is 22.1. The third-order valence-corrected chi connectivity index (χ3v) is 7.16. The summed E-state index contributed by atoms with van der Waals surface area (Å²) in [6.07, 6.45) is 10.9. The predicted molar refractivity (Wildman–Crippen MR) is 142 cm³/mol. The molecule has 4 rings (SSSR count). The van der Waals surface area contributed by atoms with Crippen LogP contribution in [0.25, 0.3) is 0 Å². The summed E-state index contributed by atoms with van der Waals surface area (Å²) in [7, 11) is 1.81. The molecule has 1 saturated carbocycles. The number of piperidine rings is 1. The van der Waals surface area contributed by atoms with Gasteiger partial charge in [-0.25, -0.2) is 0 Å². The van der Waals surface area contributed by atoms with Crippen LogP contribution in [-0.4, -0.2) is 72.9 Å².